The summed E-state index contributed by atoms with van der Waals surface area (Å²) in [5.74, 6) is 1.80. The van der Waals surface area contributed by atoms with Crippen molar-refractivity contribution in [3.63, 3.8) is 0 Å². The van der Waals surface area contributed by atoms with E-state index in [0.29, 0.717) is 6.04 Å². The highest BCUT2D eigenvalue weighted by molar-refractivity contribution is 4.86. The molecular weight excluding hydrogens is 210 g/mol. The van der Waals surface area contributed by atoms with Gasteiger partial charge in [0, 0.05) is 38.8 Å². The molecule has 1 heterocycles. The van der Waals surface area contributed by atoms with Crippen molar-refractivity contribution in [2.24, 2.45) is 17.6 Å². The molecule has 1 unspecified atom stereocenters. The largest absolute Gasteiger partial charge is 0.329 e. The van der Waals surface area contributed by atoms with Gasteiger partial charge in [-0.05, 0) is 31.7 Å². The zero-order chi connectivity index (χ0) is 12.3. The van der Waals surface area contributed by atoms with Crippen molar-refractivity contribution in [2.75, 3.05) is 39.8 Å². The molecule has 0 spiro atoms. The van der Waals surface area contributed by atoms with Crippen LogP contribution in [0.4, 0.5) is 0 Å². The van der Waals surface area contributed by atoms with E-state index in [4.69, 9.17) is 5.73 Å². The average molecular weight is 239 g/mol. The number of nitrogens with zero attached hydrogens (tertiary/aromatic N) is 2. The summed E-state index contributed by atoms with van der Waals surface area (Å²) in [6, 6.07) is 0.649. The van der Waals surface area contributed by atoms with E-state index in [2.05, 4.69) is 23.8 Å². The molecule has 0 aromatic heterocycles. The minimum Gasteiger partial charge on any atom is -0.329 e. The van der Waals surface area contributed by atoms with Gasteiger partial charge in [-0.2, -0.15) is 0 Å². The lowest BCUT2D eigenvalue weighted by Crippen LogP contribution is -2.54. The van der Waals surface area contributed by atoms with Gasteiger partial charge in [-0.15, -0.1) is 0 Å². The maximum absolute atomic E-state index is 6.05. The lowest BCUT2D eigenvalue weighted by atomic mass is 9.78. The van der Waals surface area contributed by atoms with Crippen molar-refractivity contribution < 1.29 is 0 Å². The second-order valence-electron chi connectivity index (χ2n) is 6.16. The fraction of sp³-hybridized carbons (Fsp3) is 1.00. The van der Waals surface area contributed by atoms with Gasteiger partial charge in [-0.1, -0.05) is 19.8 Å². The first-order valence-corrected chi connectivity index (χ1v) is 7.33. The van der Waals surface area contributed by atoms with E-state index in [1.807, 2.05) is 0 Å². The van der Waals surface area contributed by atoms with Gasteiger partial charge in [0.2, 0.25) is 0 Å². The Morgan fingerprint density at radius 2 is 1.65 bits per heavy atom. The summed E-state index contributed by atoms with van der Waals surface area (Å²) < 4.78 is 0. The zero-order valence-electron chi connectivity index (χ0n) is 11.6. The van der Waals surface area contributed by atoms with Crippen molar-refractivity contribution in [1.29, 1.82) is 0 Å². The molecule has 1 saturated carbocycles. The van der Waals surface area contributed by atoms with Crippen LogP contribution in [-0.4, -0.2) is 55.6 Å². The number of nitrogens with two attached hydrogens (primary N) is 1. The number of piperazine rings is 1. The SMILES string of the molecule is CC1CCC(C(CN)N2CCN(C)CC2)CC1. The van der Waals surface area contributed by atoms with E-state index in [1.165, 1.54) is 51.9 Å². The molecule has 3 heteroatoms. The Labute approximate surface area is 106 Å². The van der Waals surface area contributed by atoms with E-state index in [-0.39, 0.29) is 0 Å². The summed E-state index contributed by atoms with van der Waals surface area (Å²) in [5, 5.41) is 0. The molecule has 100 valence electrons. The first-order chi connectivity index (χ1) is 8.20. The van der Waals surface area contributed by atoms with E-state index < -0.39 is 0 Å². The van der Waals surface area contributed by atoms with Gasteiger partial charge in [0.25, 0.3) is 0 Å². The molecule has 1 aliphatic carbocycles. The van der Waals surface area contributed by atoms with E-state index in [0.717, 1.165) is 18.4 Å². The molecule has 3 nitrogen and oxygen atoms in total. The molecule has 2 rings (SSSR count). The Hall–Kier alpha value is -0.120. The standard InChI is InChI=1S/C14H29N3/c1-12-3-5-13(6-4-12)14(11-15)17-9-7-16(2)8-10-17/h12-14H,3-11,15H2,1-2H3. The molecule has 17 heavy (non-hydrogen) atoms. The molecule has 1 atom stereocenters. The van der Waals surface area contributed by atoms with Gasteiger partial charge in [-0.25, -0.2) is 0 Å². The maximum Gasteiger partial charge on any atom is 0.0247 e. The molecule has 1 aliphatic heterocycles. The molecular formula is C14H29N3. The van der Waals surface area contributed by atoms with Crippen LogP contribution in [0.2, 0.25) is 0 Å². The van der Waals surface area contributed by atoms with Crippen molar-refractivity contribution in [1.82, 2.24) is 9.80 Å². The van der Waals surface area contributed by atoms with Crippen LogP contribution in [0.5, 0.6) is 0 Å². The minimum atomic E-state index is 0.649. The highest BCUT2D eigenvalue weighted by Gasteiger charge is 2.30. The van der Waals surface area contributed by atoms with Crippen LogP contribution >= 0.6 is 0 Å². The average Bonchev–Trinajstić information content (AvgIpc) is 2.35. The fourth-order valence-electron chi connectivity index (χ4n) is 3.46. The summed E-state index contributed by atoms with van der Waals surface area (Å²) in [7, 11) is 2.22. The molecule has 0 aromatic carbocycles. The van der Waals surface area contributed by atoms with Crippen molar-refractivity contribution in [2.45, 2.75) is 38.6 Å². The molecule has 0 aromatic rings. The minimum absolute atomic E-state index is 0.649. The summed E-state index contributed by atoms with van der Waals surface area (Å²) in [4.78, 5) is 5.08. The van der Waals surface area contributed by atoms with Gasteiger partial charge >= 0.3 is 0 Å². The Balaban J connectivity index is 1.87. The second kappa shape index (κ2) is 6.17. The third-order valence-corrected chi connectivity index (χ3v) is 4.85. The predicted molar refractivity (Wildman–Crippen MR) is 73.0 cm³/mol. The molecule has 0 bridgehead atoms. The lowest BCUT2D eigenvalue weighted by molar-refractivity contribution is 0.0667. The first-order valence-electron chi connectivity index (χ1n) is 7.33. The van der Waals surface area contributed by atoms with Gasteiger partial charge in [-0.3, -0.25) is 4.90 Å². The first kappa shape index (κ1) is 13.3. The quantitative estimate of drug-likeness (QED) is 0.808. The van der Waals surface area contributed by atoms with E-state index >= 15 is 0 Å². The van der Waals surface area contributed by atoms with Crippen LogP contribution in [0.25, 0.3) is 0 Å². The van der Waals surface area contributed by atoms with Gasteiger partial charge in [0.15, 0.2) is 0 Å². The molecule has 2 N–H and O–H groups in total. The topological polar surface area (TPSA) is 32.5 Å². The number of hydrogen-bond acceptors (Lipinski definition) is 3. The van der Waals surface area contributed by atoms with Crippen molar-refractivity contribution >= 4 is 0 Å². The van der Waals surface area contributed by atoms with Crippen LogP contribution in [0.15, 0.2) is 0 Å². The molecule has 2 aliphatic rings. The van der Waals surface area contributed by atoms with Gasteiger partial charge in [0.1, 0.15) is 0 Å². The van der Waals surface area contributed by atoms with E-state index in [9.17, 15) is 0 Å². The van der Waals surface area contributed by atoms with Crippen LogP contribution in [0.1, 0.15) is 32.6 Å². The van der Waals surface area contributed by atoms with Gasteiger partial charge in [0.05, 0.1) is 0 Å². The second-order valence-corrected chi connectivity index (χ2v) is 6.16. The van der Waals surface area contributed by atoms with Crippen molar-refractivity contribution in [3.05, 3.63) is 0 Å². The monoisotopic (exact) mass is 239 g/mol. The highest BCUT2D eigenvalue weighted by Crippen LogP contribution is 2.32. The Morgan fingerprint density at radius 3 is 2.18 bits per heavy atom. The molecule has 1 saturated heterocycles. The van der Waals surface area contributed by atoms with Crippen molar-refractivity contribution in [3.8, 4) is 0 Å². The number of hydrogen-bond donors (Lipinski definition) is 1. The van der Waals surface area contributed by atoms with E-state index in [1.54, 1.807) is 0 Å². The smallest absolute Gasteiger partial charge is 0.0247 e. The maximum atomic E-state index is 6.05. The fourth-order valence-corrected chi connectivity index (χ4v) is 3.46. The van der Waals surface area contributed by atoms with Crippen LogP contribution < -0.4 is 5.73 Å². The molecule has 2 fully saturated rings. The lowest BCUT2D eigenvalue weighted by Gasteiger charge is -2.42. The van der Waals surface area contributed by atoms with Crippen LogP contribution in [-0.2, 0) is 0 Å². The zero-order valence-corrected chi connectivity index (χ0v) is 11.6. The normalized spacial score (nSPS) is 34.8. The Kier molecular flexibility index (Phi) is 4.83. The number of rotatable bonds is 3. The third kappa shape index (κ3) is 3.43. The predicted octanol–water partition coefficient (Wildman–Crippen LogP) is 1.39. The van der Waals surface area contributed by atoms with Gasteiger partial charge < -0.3 is 10.6 Å². The summed E-state index contributed by atoms with van der Waals surface area (Å²) in [6.07, 6.45) is 5.62. The molecule has 0 amide bonds. The summed E-state index contributed by atoms with van der Waals surface area (Å²) in [5.41, 5.74) is 6.05. The number of likely N-dealkylation sites (N-methyl/N-ethyl adjacent to an activating group) is 1. The Bertz CT molecular complexity index is 194. The third-order valence-electron chi connectivity index (χ3n) is 4.85. The molecule has 0 radical (unpaired) electrons. The Morgan fingerprint density at radius 1 is 1.06 bits per heavy atom. The highest BCUT2D eigenvalue weighted by atomic mass is 15.3. The summed E-state index contributed by atoms with van der Waals surface area (Å²) >= 11 is 0. The van der Waals surface area contributed by atoms with Crippen LogP contribution in [0.3, 0.4) is 0 Å². The van der Waals surface area contributed by atoms with Crippen LogP contribution in [0, 0.1) is 11.8 Å². The summed E-state index contributed by atoms with van der Waals surface area (Å²) in [6.45, 7) is 8.08.